The Morgan fingerprint density at radius 3 is 2.88 bits per heavy atom. The first-order valence-corrected chi connectivity index (χ1v) is 8.99. The molecule has 1 aromatic carbocycles. The van der Waals surface area contributed by atoms with Crippen molar-refractivity contribution in [2.75, 3.05) is 11.9 Å². The van der Waals surface area contributed by atoms with E-state index in [1.54, 1.807) is 11.3 Å². The lowest BCUT2D eigenvalue weighted by Crippen LogP contribution is -2.08. The Morgan fingerprint density at radius 1 is 1.04 bits per heavy atom. The Balaban J connectivity index is 1.53. The predicted octanol–water partition coefficient (Wildman–Crippen LogP) is 4.11. The van der Waals surface area contributed by atoms with Crippen molar-refractivity contribution >= 4 is 27.4 Å². The number of nitrogens with zero attached hydrogens (tertiary/aromatic N) is 4. The third-order valence-corrected chi connectivity index (χ3v) is 4.67. The fourth-order valence-electron chi connectivity index (χ4n) is 2.69. The molecule has 0 aliphatic carbocycles. The summed E-state index contributed by atoms with van der Waals surface area (Å²) < 4.78 is 1.17. The number of rotatable bonds is 5. The van der Waals surface area contributed by atoms with Crippen molar-refractivity contribution in [3.05, 3.63) is 65.7 Å². The molecule has 5 nitrogen and oxygen atoms in total. The van der Waals surface area contributed by atoms with Gasteiger partial charge in [0.05, 0.1) is 21.4 Å². The third kappa shape index (κ3) is 3.64. The highest BCUT2D eigenvalue weighted by Gasteiger charge is 2.07. The molecule has 6 heteroatoms. The fourth-order valence-corrected chi connectivity index (χ4v) is 3.40. The van der Waals surface area contributed by atoms with Gasteiger partial charge in [-0.2, -0.15) is 0 Å². The second-order valence-corrected chi connectivity index (χ2v) is 6.60. The average Bonchev–Trinajstić information content (AvgIpc) is 3.10. The lowest BCUT2D eigenvalue weighted by atomic mass is 10.1. The zero-order chi connectivity index (χ0) is 17.1. The second kappa shape index (κ2) is 6.94. The Morgan fingerprint density at radius 2 is 2.00 bits per heavy atom. The number of benzene rings is 1. The maximum atomic E-state index is 4.58. The van der Waals surface area contributed by atoms with Crippen LogP contribution in [-0.4, -0.2) is 26.5 Å². The molecule has 0 aliphatic rings. The van der Waals surface area contributed by atoms with Crippen LogP contribution in [-0.2, 0) is 6.42 Å². The lowest BCUT2D eigenvalue weighted by Gasteiger charge is -2.09. The minimum absolute atomic E-state index is 0.752. The molecule has 4 aromatic rings. The van der Waals surface area contributed by atoms with Crippen molar-refractivity contribution in [1.29, 1.82) is 0 Å². The summed E-state index contributed by atoms with van der Waals surface area (Å²) in [6.07, 6.45) is 2.67. The van der Waals surface area contributed by atoms with Gasteiger partial charge in [0.1, 0.15) is 11.6 Å². The quantitative estimate of drug-likeness (QED) is 0.588. The molecule has 0 amide bonds. The Kier molecular flexibility index (Phi) is 4.35. The van der Waals surface area contributed by atoms with Crippen LogP contribution in [0.3, 0.4) is 0 Å². The van der Waals surface area contributed by atoms with E-state index >= 15 is 0 Å². The molecule has 0 saturated heterocycles. The van der Waals surface area contributed by atoms with E-state index in [1.807, 2.05) is 49.0 Å². The minimum Gasteiger partial charge on any atom is -0.370 e. The van der Waals surface area contributed by atoms with Crippen LogP contribution >= 0.6 is 11.3 Å². The highest BCUT2D eigenvalue weighted by molar-refractivity contribution is 7.16. The molecular formula is C19H17N5S. The largest absolute Gasteiger partial charge is 0.370 e. The number of thiazole rings is 1. The summed E-state index contributed by atoms with van der Waals surface area (Å²) in [7, 11) is 0. The molecule has 3 aromatic heterocycles. The molecule has 0 spiro atoms. The van der Waals surface area contributed by atoms with Crippen LogP contribution in [0, 0.1) is 6.92 Å². The number of anilines is 1. The molecule has 0 saturated carbocycles. The van der Waals surface area contributed by atoms with Crippen molar-refractivity contribution in [3.63, 3.8) is 0 Å². The molecule has 4 rings (SSSR count). The summed E-state index contributed by atoms with van der Waals surface area (Å²) in [5.41, 5.74) is 5.95. The Labute approximate surface area is 149 Å². The summed E-state index contributed by atoms with van der Waals surface area (Å²) in [4.78, 5) is 17.7. The molecule has 0 radical (unpaired) electrons. The summed E-state index contributed by atoms with van der Waals surface area (Å²) in [5, 5.41) is 3.38. The van der Waals surface area contributed by atoms with Crippen molar-refractivity contribution < 1.29 is 0 Å². The van der Waals surface area contributed by atoms with E-state index in [1.165, 1.54) is 4.70 Å². The van der Waals surface area contributed by atoms with E-state index in [0.717, 1.165) is 47.1 Å². The normalized spacial score (nSPS) is 10.9. The van der Waals surface area contributed by atoms with Crippen LogP contribution in [0.25, 0.3) is 21.5 Å². The summed E-state index contributed by atoms with van der Waals surface area (Å²) in [5.74, 6) is 1.59. The third-order valence-electron chi connectivity index (χ3n) is 3.88. The fraction of sp³-hybridized carbons (Fsp3) is 0.158. The van der Waals surface area contributed by atoms with E-state index < -0.39 is 0 Å². The molecule has 0 unspecified atom stereocenters. The van der Waals surface area contributed by atoms with Gasteiger partial charge in [0.15, 0.2) is 0 Å². The number of pyridine rings is 1. The van der Waals surface area contributed by atoms with E-state index in [2.05, 4.69) is 37.4 Å². The van der Waals surface area contributed by atoms with Crippen molar-refractivity contribution in [1.82, 2.24) is 19.9 Å². The van der Waals surface area contributed by atoms with Crippen molar-refractivity contribution in [3.8, 4) is 11.3 Å². The van der Waals surface area contributed by atoms with Crippen LogP contribution in [0.5, 0.6) is 0 Å². The average molecular weight is 347 g/mol. The van der Waals surface area contributed by atoms with Gasteiger partial charge in [-0.1, -0.05) is 12.1 Å². The number of aryl methyl sites for hydroxylation is 1. The highest BCUT2D eigenvalue weighted by Crippen LogP contribution is 2.26. The van der Waals surface area contributed by atoms with E-state index in [4.69, 9.17) is 0 Å². The van der Waals surface area contributed by atoms with Crippen molar-refractivity contribution in [2.45, 2.75) is 13.3 Å². The summed E-state index contributed by atoms with van der Waals surface area (Å²) in [6.45, 7) is 2.69. The second-order valence-electron chi connectivity index (χ2n) is 5.72. The molecule has 0 fully saturated rings. The van der Waals surface area contributed by atoms with Crippen LogP contribution in [0.1, 0.15) is 11.5 Å². The first-order chi connectivity index (χ1) is 12.3. The van der Waals surface area contributed by atoms with Gasteiger partial charge in [0.25, 0.3) is 0 Å². The van der Waals surface area contributed by atoms with E-state index in [-0.39, 0.29) is 0 Å². The highest BCUT2D eigenvalue weighted by atomic mass is 32.1. The minimum atomic E-state index is 0.752. The smallest absolute Gasteiger partial charge is 0.130 e. The molecule has 124 valence electrons. The Bertz CT molecular complexity index is 997. The predicted molar refractivity (Wildman–Crippen MR) is 102 cm³/mol. The van der Waals surface area contributed by atoms with Gasteiger partial charge in [-0.15, -0.1) is 11.3 Å². The van der Waals surface area contributed by atoms with Crippen molar-refractivity contribution in [2.24, 2.45) is 0 Å². The number of hydrogen-bond donors (Lipinski definition) is 1. The molecule has 0 aliphatic heterocycles. The van der Waals surface area contributed by atoms with Crippen LogP contribution in [0.4, 0.5) is 5.82 Å². The molecule has 3 heterocycles. The molecule has 1 N–H and O–H groups in total. The monoisotopic (exact) mass is 347 g/mol. The Hall–Kier alpha value is -2.86. The number of aromatic nitrogens is 4. The van der Waals surface area contributed by atoms with Gasteiger partial charge < -0.3 is 5.32 Å². The van der Waals surface area contributed by atoms with Gasteiger partial charge in [-0.25, -0.2) is 15.0 Å². The topological polar surface area (TPSA) is 63.6 Å². The molecular weight excluding hydrogens is 330 g/mol. The first-order valence-electron chi connectivity index (χ1n) is 8.11. The first kappa shape index (κ1) is 15.7. The van der Waals surface area contributed by atoms with Crippen LogP contribution in [0.15, 0.2) is 54.2 Å². The maximum absolute atomic E-state index is 4.58. The number of nitrogens with one attached hydrogen (secondary N) is 1. The maximum Gasteiger partial charge on any atom is 0.130 e. The van der Waals surface area contributed by atoms with Crippen LogP contribution < -0.4 is 5.32 Å². The van der Waals surface area contributed by atoms with E-state index in [0.29, 0.717) is 0 Å². The molecule has 0 bridgehead atoms. The van der Waals surface area contributed by atoms with Crippen LogP contribution in [0.2, 0.25) is 0 Å². The zero-order valence-corrected chi connectivity index (χ0v) is 14.6. The number of fused-ring (bicyclic) bond motifs is 1. The number of hydrogen-bond acceptors (Lipinski definition) is 6. The van der Waals surface area contributed by atoms with Gasteiger partial charge in [0, 0.05) is 36.5 Å². The molecule has 25 heavy (non-hydrogen) atoms. The molecule has 0 atom stereocenters. The van der Waals surface area contributed by atoms with Gasteiger partial charge >= 0.3 is 0 Å². The lowest BCUT2D eigenvalue weighted by molar-refractivity contribution is 0.944. The van der Waals surface area contributed by atoms with E-state index in [9.17, 15) is 0 Å². The zero-order valence-electron chi connectivity index (χ0n) is 13.8. The standard InChI is InChI=1S/C19H17N5S/c1-13-23-17(14-5-6-16-18(10-14)25-12-22-16)11-19(24-13)21-9-7-15-4-2-3-8-20-15/h2-6,8,10-12H,7,9H2,1H3,(H,21,23,24). The summed E-state index contributed by atoms with van der Waals surface area (Å²) >= 11 is 1.64. The SMILES string of the molecule is Cc1nc(NCCc2ccccn2)cc(-c2ccc3ncsc3c2)n1. The summed E-state index contributed by atoms with van der Waals surface area (Å²) in [6, 6.07) is 14.2. The van der Waals surface area contributed by atoms with Gasteiger partial charge in [0.2, 0.25) is 0 Å². The van der Waals surface area contributed by atoms with Gasteiger partial charge in [-0.3, -0.25) is 4.98 Å². The van der Waals surface area contributed by atoms with Gasteiger partial charge in [-0.05, 0) is 31.2 Å².